The number of carbonyl (C=O) groups is 1. The number of amides is 1. The number of hydrogen-bond donors (Lipinski definition) is 2. The minimum atomic E-state index is -0.369. The third-order valence-corrected chi connectivity index (χ3v) is 4.04. The maximum Gasteiger partial charge on any atom is 0.280 e. The van der Waals surface area contributed by atoms with Crippen molar-refractivity contribution in [3.63, 3.8) is 0 Å². The van der Waals surface area contributed by atoms with Crippen molar-refractivity contribution in [2.75, 3.05) is 0 Å². The fourth-order valence-electron chi connectivity index (χ4n) is 2.34. The normalized spacial score (nSPS) is 13.6. The lowest BCUT2D eigenvalue weighted by molar-refractivity contribution is 0.101. The maximum atomic E-state index is 12.1. The summed E-state index contributed by atoms with van der Waals surface area (Å²) < 4.78 is 5.29. The van der Waals surface area contributed by atoms with Crippen LogP contribution in [0.15, 0.2) is 45.3 Å². The number of hydrogen-bond acceptors (Lipinski definition) is 4. The smallest absolute Gasteiger partial charge is 0.280 e. The fourth-order valence-corrected chi connectivity index (χ4v) is 3.06. The van der Waals surface area contributed by atoms with E-state index in [0.717, 1.165) is 4.88 Å². The Bertz CT molecular complexity index is 826. The molecule has 1 aliphatic heterocycles. The van der Waals surface area contributed by atoms with Gasteiger partial charge in [0.05, 0.1) is 33.7 Å². The molecule has 0 fully saturated rings. The van der Waals surface area contributed by atoms with E-state index >= 15 is 0 Å². The average molecular weight is 284 g/mol. The molecule has 0 unspecified atom stereocenters. The first kappa shape index (κ1) is 11.2. The van der Waals surface area contributed by atoms with E-state index < -0.39 is 0 Å². The second kappa shape index (κ2) is 3.94. The number of fused-ring (bicyclic) bond motifs is 1. The zero-order chi connectivity index (χ0) is 13.7. The molecule has 3 aromatic heterocycles. The van der Waals surface area contributed by atoms with Gasteiger partial charge in [0, 0.05) is 0 Å². The van der Waals surface area contributed by atoms with Crippen molar-refractivity contribution in [2.45, 2.75) is 0 Å². The number of nitrogens with one attached hydrogen (secondary N) is 1. The Morgan fingerprint density at radius 3 is 2.85 bits per heavy atom. The van der Waals surface area contributed by atoms with Crippen LogP contribution in [0.1, 0.15) is 20.8 Å². The number of nitrogens with zero attached hydrogens (tertiary/aromatic N) is 1. The number of aromatic hydroxyl groups is 1. The number of H-pyrrole nitrogens is 1. The second-order valence-electron chi connectivity index (χ2n) is 4.32. The van der Waals surface area contributed by atoms with Crippen LogP contribution in [-0.4, -0.2) is 21.7 Å². The van der Waals surface area contributed by atoms with Crippen molar-refractivity contribution in [3.05, 3.63) is 51.9 Å². The molecule has 5 nitrogen and oxygen atoms in total. The van der Waals surface area contributed by atoms with Gasteiger partial charge in [0.25, 0.3) is 5.91 Å². The minimum absolute atomic E-state index is 0.0654. The summed E-state index contributed by atoms with van der Waals surface area (Å²) in [4.78, 5) is 19.9. The van der Waals surface area contributed by atoms with E-state index in [9.17, 15) is 9.90 Å². The van der Waals surface area contributed by atoms with Gasteiger partial charge in [-0.05, 0) is 23.6 Å². The predicted octanol–water partition coefficient (Wildman–Crippen LogP) is 3.03. The summed E-state index contributed by atoms with van der Waals surface area (Å²) in [6.45, 7) is 0. The summed E-state index contributed by atoms with van der Waals surface area (Å²) in [6.07, 6.45) is 1.51. The summed E-state index contributed by atoms with van der Waals surface area (Å²) in [5.74, 6) is 0.0632. The van der Waals surface area contributed by atoms with Crippen LogP contribution in [0.25, 0.3) is 11.5 Å². The second-order valence-corrected chi connectivity index (χ2v) is 5.27. The predicted molar refractivity (Wildman–Crippen MR) is 74.4 cm³/mol. The zero-order valence-corrected chi connectivity index (χ0v) is 10.9. The van der Waals surface area contributed by atoms with Gasteiger partial charge in [-0.25, -0.2) is 4.99 Å². The topological polar surface area (TPSA) is 78.6 Å². The van der Waals surface area contributed by atoms with Crippen molar-refractivity contribution in [1.82, 2.24) is 4.98 Å². The van der Waals surface area contributed by atoms with Crippen LogP contribution < -0.4 is 0 Å². The summed E-state index contributed by atoms with van der Waals surface area (Å²) in [5.41, 5.74) is 1.78. The fraction of sp³-hybridized carbons (Fsp3) is 0. The number of aliphatic imine (C=N–C) groups is 1. The largest absolute Gasteiger partial charge is 0.494 e. The number of aromatic amines is 1. The standard InChI is InChI=1S/C14H8N2O3S/c17-13-9-10(12(16-13)8-4-2-6-20-8)14(18)15-11(9)7-3-1-5-19-7/h1-6,15,18H. The van der Waals surface area contributed by atoms with Crippen molar-refractivity contribution >= 4 is 23.0 Å². The SMILES string of the molecule is O=C1N=C(c2cccs2)c2c(O)[nH]c(-c3ccco3)c21. The van der Waals surface area contributed by atoms with Crippen LogP contribution in [-0.2, 0) is 0 Å². The molecule has 0 aliphatic carbocycles. The summed E-state index contributed by atoms with van der Waals surface area (Å²) in [5, 5.41) is 12.0. The molecule has 0 spiro atoms. The molecule has 98 valence electrons. The van der Waals surface area contributed by atoms with Gasteiger partial charge in [0.1, 0.15) is 0 Å². The van der Waals surface area contributed by atoms with Crippen LogP contribution in [0.5, 0.6) is 5.88 Å². The highest BCUT2D eigenvalue weighted by molar-refractivity contribution is 7.12. The first-order chi connectivity index (χ1) is 9.75. The lowest BCUT2D eigenvalue weighted by Gasteiger charge is -1.96. The van der Waals surface area contributed by atoms with E-state index in [-0.39, 0.29) is 11.8 Å². The number of rotatable bonds is 2. The van der Waals surface area contributed by atoms with Gasteiger partial charge in [0.2, 0.25) is 0 Å². The van der Waals surface area contributed by atoms with Gasteiger partial charge >= 0.3 is 0 Å². The van der Waals surface area contributed by atoms with Crippen molar-refractivity contribution < 1.29 is 14.3 Å². The van der Waals surface area contributed by atoms with Crippen LogP contribution >= 0.6 is 11.3 Å². The Labute approximate surface area is 117 Å². The third-order valence-electron chi connectivity index (χ3n) is 3.17. The Kier molecular flexibility index (Phi) is 2.22. The first-order valence-corrected chi connectivity index (χ1v) is 6.79. The van der Waals surface area contributed by atoms with Crippen molar-refractivity contribution in [3.8, 4) is 17.3 Å². The van der Waals surface area contributed by atoms with Gasteiger partial charge < -0.3 is 14.5 Å². The average Bonchev–Trinajstić information content (AvgIpc) is 3.17. The summed E-state index contributed by atoms with van der Waals surface area (Å²) in [6, 6.07) is 7.19. The van der Waals surface area contributed by atoms with Crippen LogP contribution in [0.2, 0.25) is 0 Å². The van der Waals surface area contributed by atoms with Gasteiger partial charge in [0.15, 0.2) is 11.6 Å². The zero-order valence-electron chi connectivity index (χ0n) is 10.1. The minimum Gasteiger partial charge on any atom is -0.494 e. The third kappa shape index (κ3) is 1.42. The molecular formula is C14H8N2O3S. The monoisotopic (exact) mass is 284 g/mol. The molecule has 0 saturated carbocycles. The van der Waals surface area contributed by atoms with E-state index in [1.807, 2.05) is 17.5 Å². The highest BCUT2D eigenvalue weighted by Gasteiger charge is 2.34. The molecule has 3 aromatic rings. The quantitative estimate of drug-likeness (QED) is 0.759. The highest BCUT2D eigenvalue weighted by atomic mass is 32.1. The molecule has 20 heavy (non-hydrogen) atoms. The molecule has 1 aliphatic rings. The van der Waals surface area contributed by atoms with Gasteiger partial charge in [-0.1, -0.05) is 6.07 Å². The molecule has 0 bridgehead atoms. The Morgan fingerprint density at radius 2 is 2.15 bits per heavy atom. The summed E-state index contributed by atoms with van der Waals surface area (Å²) >= 11 is 1.47. The van der Waals surface area contributed by atoms with Crippen molar-refractivity contribution in [2.24, 2.45) is 4.99 Å². The number of aromatic nitrogens is 1. The first-order valence-electron chi connectivity index (χ1n) is 5.92. The van der Waals surface area contributed by atoms with Gasteiger partial charge in [-0.3, -0.25) is 4.79 Å². The van der Waals surface area contributed by atoms with E-state index in [2.05, 4.69) is 9.98 Å². The molecule has 6 heteroatoms. The molecule has 0 radical (unpaired) electrons. The molecule has 0 atom stereocenters. The molecule has 0 saturated heterocycles. The van der Waals surface area contributed by atoms with Crippen molar-refractivity contribution in [1.29, 1.82) is 0 Å². The van der Waals surface area contributed by atoms with E-state index in [1.165, 1.54) is 17.6 Å². The van der Waals surface area contributed by atoms with E-state index in [4.69, 9.17) is 4.42 Å². The van der Waals surface area contributed by atoms with Crippen LogP contribution in [0.4, 0.5) is 0 Å². The molecule has 2 N–H and O–H groups in total. The Hall–Kier alpha value is -2.60. The van der Waals surface area contributed by atoms with Gasteiger partial charge in [-0.2, -0.15) is 0 Å². The highest BCUT2D eigenvalue weighted by Crippen LogP contribution is 2.38. The Morgan fingerprint density at radius 1 is 1.25 bits per heavy atom. The summed E-state index contributed by atoms with van der Waals surface area (Å²) in [7, 11) is 0. The van der Waals surface area contributed by atoms with E-state index in [1.54, 1.807) is 12.1 Å². The number of furan rings is 1. The molecular weight excluding hydrogens is 276 g/mol. The van der Waals surface area contributed by atoms with Crippen LogP contribution in [0, 0.1) is 0 Å². The molecule has 1 amide bonds. The molecule has 4 rings (SSSR count). The van der Waals surface area contributed by atoms with E-state index in [0.29, 0.717) is 28.3 Å². The van der Waals surface area contributed by atoms with Crippen LogP contribution in [0.3, 0.4) is 0 Å². The number of thiophene rings is 1. The number of carbonyl (C=O) groups excluding carboxylic acids is 1. The molecule has 4 heterocycles. The lowest BCUT2D eigenvalue weighted by atomic mass is 10.1. The Balaban J connectivity index is 1.95. The van der Waals surface area contributed by atoms with Gasteiger partial charge in [-0.15, -0.1) is 11.3 Å². The lowest BCUT2D eigenvalue weighted by Crippen LogP contribution is -1.96. The maximum absolute atomic E-state index is 12.1. The molecule has 0 aromatic carbocycles.